The number of nitrogens with zero attached hydrogens (tertiary/aromatic N) is 2. The van der Waals surface area contributed by atoms with E-state index in [1.807, 2.05) is 13.8 Å². The summed E-state index contributed by atoms with van der Waals surface area (Å²) < 4.78 is 68.7. The van der Waals surface area contributed by atoms with Crippen molar-refractivity contribution in [3.8, 4) is 11.5 Å². The van der Waals surface area contributed by atoms with Gasteiger partial charge < -0.3 is 9.47 Å². The van der Waals surface area contributed by atoms with Crippen LogP contribution in [0.2, 0.25) is 0 Å². The Bertz CT molecular complexity index is 1170. The summed E-state index contributed by atoms with van der Waals surface area (Å²) in [6.45, 7) is 9.12. The first kappa shape index (κ1) is 30.4. The highest BCUT2D eigenvalue weighted by Crippen LogP contribution is 2.32. The average Bonchev–Trinajstić information content (AvgIpc) is 2.89. The summed E-state index contributed by atoms with van der Waals surface area (Å²) in [6, 6.07) is 10.2. The fourth-order valence-electron chi connectivity index (χ4n) is 4.38. The number of rotatable bonds is 14. The number of hydrogen-bond acceptors (Lipinski definition) is 6. The zero-order chi connectivity index (χ0) is 27.8. The molecule has 0 unspecified atom stereocenters. The van der Waals surface area contributed by atoms with Crippen molar-refractivity contribution in [1.29, 1.82) is 0 Å². The van der Waals surface area contributed by atoms with Gasteiger partial charge in [0.15, 0.2) is 0 Å². The maximum absolute atomic E-state index is 13.6. The molecule has 0 atom stereocenters. The van der Waals surface area contributed by atoms with Gasteiger partial charge in [0.25, 0.3) is 0 Å². The summed E-state index contributed by atoms with van der Waals surface area (Å²) in [5.74, 6) is 0.696. The van der Waals surface area contributed by atoms with Crippen LogP contribution in [0.15, 0.2) is 46.2 Å². The van der Waals surface area contributed by atoms with Gasteiger partial charge in [0, 0.05) is 26.2 Å². The monoisotopic (exact) mass is 566 g/mol. The Hall–Kier alpha value is -2.14. The number of unbranched alkanes of at least 4 members (excludes halogenated alkanes) is 4. The maximum atomic E-state index is 13.6. The zero-order valence-corrected chi connectivity index (χ0v) is 24.7. The minimum atomic E-state index is -3.85. The van der Waals surface area contributed by atoms with Crippen LogP contribution < -0.4 is 9.47 Å². The smallest absolute Gasteiger partial charge is 0.246 e. The van der Waals surface area contributed by atoms with Crippen LogP contribution in [0.5, 0.6) is 11.5 Å². The number of hydrogen-bond donors (Lipinski definition) is 0. The largest absolute Gasteiger partial charge is 0.492 e. The molecule has 2 aromatic carbocycles. The molecule has 0 spiro atoms. The first-order valence-electron chi connectivity index (χ1n) is 13.6. The molecule has 0 saturated carbocycles. The lowest BCUT2D eigenvalue weighted by atomic mass is 10.2. The second-order valence-electron chi connectivity index (χ2n) is 9.82. The molecular formula is C28H42N2O6S2. The highest BCUT2D eigenvalue weighted by molar-refractivity contribution is 7.89. The Morgan fingerprint density at radius 3 is 1.34 bits per heavy atom. The Labute approximate surface area is 229 Å². The number of piperazine rings is 1. The Kier molecular flexibility index (Phi) is 11.0. The van der Waals surface area contributed by atoms with Gasteiger partial charge in [0.1, 0.15) is 21.3 Å². The topological polar surface area (TPSA) is 93.2 Å². The van der Waals surface area contributed by atoms with Crippen LogP contribution in [0.25, 0.3) is 0 Å². The van der Waals surface area contributed by atoms with E-state index in [9.17, 15) is 16.8 Å². The lowest BCUT2D eigenvalue weighted by Gasteiger charge is -2.33. The lowest BCUT2D eigenvalue weighted by molar-refractivity contribution is 0.266. The second kappa shape index (κ2) is 13.8. The third-order valence-electron chi connectivity index (χ3n) is 6.64. The van der Waals surface area contributed by atoms with E-state index in [2.05, 4.69) is 13.8 Å². The molecule has 1 aliphatic rings. The first-order valence-corrected chi connectivity index (χ1v) is 16.5. The molecule has 212 valence electrons. The molecule has 8 nitrogen and oxygen atoms in total. The van der Waals surface area contributed by atoms with E-state index in [1.54, 1.807) is 36.4 Å². The van der Waals surface area contributed by atoms with Gasteiger partial charge in [-0.3, -0.25) is 0 Å². The van der Waals surface area contributed by atoms with Crippen LogP contribution in [0, 0.1) is 13.8 Å². The van der Waals surface area contributed by atoms with Gasteiger partial charge in [-0.2, -0.15) is 8.61 Å². The molecule has 0 aromatic heterocycles. The van der Waals surface area contributed by atoms with Crippen LogP contribution in [0.4, 0.5) is 0 Å². The minimum Gasteiger partial charge on any atom is -0.492 e. The van der Waals surface area contributed by atoms with Gasteiger partial charge in [-0.1, -0.05) is 51.7 Å². The SMILES string of the molecule is CCCCCOc1cc(C)ccc1S(=O)(=O)N1CCN(S(=O)(=O)c2ccc(C)cc2OCCCCC)CC1. The van der Waals surface area contributed by atoms with Crippen LogP contribution in [-0.2, 0) is 20.0 Å². The van der Waals surface area contributed by atoms with Gasteiger partial charge in [-0.25, -0.2) is 16.8 Å². The van der Waals surface area contributed by atoms with Crippen LogP contribution in [0.1, 0.15) is 63.5 Å². The quantitative estimate of drug-likeness (QED) is 0.294. The Morgan fingerprint density at radius 2 is 1.00 bits per heavy atom. The summed E-state index contributed by atoms with van der Waals surface area (Å²) in [4.78, 5) is 0.245. The van der Waals surface area contributed by atoms with Crippen molar-refractivity contribution in [1.82, 2.24) is 8.61 Å². The molecule has 1 aliphatic heterocycles. The minimum absolute atomic E-state index is 0.0588. The maximum Gasteiger partial charge on any atom is 0.246 e. The van der Waals surface area contributed by atoms with E-state index in [1.165, 1.54) is 8.61 Å². The van der Waals surface area contributed by atoms with Crippen molar-refractivity contribution in [2.75, 3.05) is 39.4 Å². The fraction of sp³-hybridized carbons (Fsp3) is 0.571. The highest BCUT2D eigenvalue weighted by atomic mass is 32.2. The number of ether oxygens (including phenoxy) is 2. The number of aryl methyl sites for hydroxylation is 2. The van der Waals surface area contributed by atoms with Crippen molar-refractivity contribution in [3.05, 3.63) is 47.5 Å². The zero-order valence-electron chi connectivity index (χ0n) is 23.1. The van der Waals surface area contributed by atoms with Crippen molar-refractivity contribution < 1.29 is 26.3 Å². The standard InChI is InChI=1S/C28H42N2O6S2/c1-5-7-9-19-35-25-21-23(3)11-13-27(25)37(31,32)29-15-17-30(18-16-29)38(33,34)28-14-12-24(4)22-26(28)36-20-10-8-6-2/h11-14,21-22H,5-10,15-20H2,1-4H3. The lowest BCUT2D eigenvalue weighted by Crippen LogP contribution is -2.50. The summed E-state index contributed by atoms with van der Waals surface area (Å²) >= 11 is 0. The average molecular weight is 567 g/mol. The third kappa shape index (κ3) is 7.49. The van der Waals surface area contributed by atoms with E-state index in [0.29, 0.717) is 24.7 Å². The van der Waals surface area contributed by atoms with Crippen molar-refractivity contribution in [3.63, 3.8) is 0 Å². The van der Waals surface area contributed by atoms with Crippen LogP contribution >= 0.6 is 0 Å². The molecule has 3 rings (SSSR count). The number of sulfonamides is 2. The van der Waals surface area contributed by atoms with Gasteiger partial charge in [-0.05, 0) is 62.1 Å². The molecule has 0 aliphatic carbocycles. The third-order valence-corrected chi connectivity index (χ3v) is 10.5. The van der Waals surface area contributed by atoms with Crippen LogP contribution in [-0.4, -0.2) is 64.8 Å². The molecule has 0 N–H and O–H groups in total. The number of benzene rings is 2. The van der Waals surface area contributed by atoms with Crippen molar-refractivity contribution >= 4 is 20.0 Å². The van der Waals surface area contributed by atoms with E-state index in [0.717, 1.165) is 49.7 Å². The Balaban J connectivity index is 1.74. The predicted molar refractivity (Wildman–Crippen MR) is 150 cm³/mol. The van der Waals surface area contributed by atoms with E-state index < -0.39 is 20.0 Å². The first-order chi connectivity index (χ1) is 18.1. The van der Waals surface area contributed by atoms with E-state index >= 15 is 0 Å². The molecule has 2 aromatic rings. The second-order valence-corrected chi connectivity index (χ2v) is 13.6. The van der Waals surface area contributed by atoms with Gasteiger partial charge in [0.2, 0.25) is 20.0 Å². The fourth-order valence-corrected chi connectivity index (χ4v) is 7.45. The van der Waals surface area contributed by atoms with E-state index in [4.69, 9.17) is 9.47 Å². The summed E-state index contributed by atoms with van der Waals surface area (Å²) in [5, 5.41) is 0. The van der Waals surface area contributed by atoms with Crippen molar-refractivity contribution in [2.45, 2.75) is 76.0 Å². The molecular weight excluding hydrogens is 524 g/mol. The summed E-state index contributed by atoms with van der Waals surface area (Å²) in [5.41, 5.74) is 1.83. The summed E-state index contributed by atoms with van der Waals surface area (Å²) in [7, 11) is -7.71. The normalized spacial score (nSPS) is 15.5. The van der Waals surface area contributed by atoms with Gasteiger partial charge in [0.05, 0.1) is 13.2 Å². The molecule has 0 radical (unpaired) electrons. The summed E-state index contributed by atoms with van der Waals surface area (Å²) in [6.07, 6.45) is 5.82. The van der Waals surface area contributed by atoms with Crippen molar-refractivity contribution in [2.24, 2.45) is 0 Å². The van der Waals surface area contributed by atoms with E-state index in [-0.39, 0.29) is 36.0 Å². The van der Waals surface area contributed by atoms with Gasteiger partial charge >= 0.3 is 0 Å². The Morgan fingerprint density at radius 1 is 0.632 bits per heavy atom. The molecule has 1 heterocycles. The predicted octanol–water partition coefficient (Wildman–Crippen LogP) is 5.14. The molecule has 38 heavy (non-hydrogen) atoms. The molecule has 0 bridgehead atoms. The molecule has 1 saturated heterocycles. The highest BCUT2D eigenvalue weighted by Gasteiger charge is 2.36. The molecule has 1 fully saturated rings. The molecule has 0 amide bonds. The van der Waals surface area contributed by atoms with Gasteiger partial charge in [-0.15, -0.1) is 0 Å². The molecule has 10 heteroatoms. The van der Waals surface area contributed by atoms with Crippen LogP contribution in [0.3, 0.4) is 0 Å².